The fourth-order valence-electron chi connectivity index (χ4n) is 0.461. The molecule has 0 aromatic carbocycles. The van der Waals surface area contributed by atoms with Crippen molar-refractivity contribution in [3.63, 3.8) is 0 Å². The molecule has 0 aromatic rings. The molecule has 1 amide bonds. The fourth-order valence-corrected chi connectivity index (χ4v) is 0.461. The average molecular weight is 156 g/mol. The van der Waals surface area contributed by atoms with Gasteiger partial charge < -0.3 is 10.2 Å². The molecule has 3 heteroatoms. The summed E-state index contributed by atoms with van der Waals surface area (Å²) in [7, 11) is 3.45. The Hall–Kier alpha value is -0.990. The second-order valence-corrected chi connectivity index (χ2v) is 2.89. The predicted molar refractivity (Wildman–Crippen MR) is 46.1 cm³/mol. The second-order valence-electron chi connectivity index (χ2n) is 2.89. The van der Waals surface area contributed by atoms with Crippen LogP contribution in [0.3, 0.4) is 0 Å². The molecule has 0 unspecified atom stereocenters. The van der Waals surface area contributed by atoms with Gasteiger partial charge in [0.15, 0.2) is 0 Å². The Morgan fingerprint density at radius 3 is 2.36 bits per heavy atom. The van der Waals surface area contributed by atoms with E-state index in [0.29, 0.717) is 6.04 Å². The second kappa shape index (κ2) is 4.77. The highest BCUT2D eigenvalue weighted by Crippen LogP contribution is 1.81. The van der Waals surface area contributed by atoms with Gasteiger partial charge in [0.2, 0.25) is 5.91 Å². The van der Waals surface area contributed by atoms with Crippen molar-refractivity contribution >= 4 is 5.91 Å². The monoisotopic (exact) mass is 156 g/mol. The molecule has 0 spiro atoms. The summed E-state index contributed by atoms with van der Waals surface area (Å²) in [4.78, 5) is 12.4. The summed E-state index contributed by atoms with van der Waals surface area (Å²) in [5.74, 6) is -0.00171. The number of carbonyl (C=O) groups excluding carboxylic acids is 1. The van der Waals surface area contributed by atoms with Gasteiger partial charge in [0, 0.05) is 32.4 Å². The molecule has 0 saturated heterocycles. The van der Waals surface area contributed by atoms with Crippen molar-refractivity contribution in [1.82, 2.24) is 10.2 Å². The van der Waals surface area contributed by atoms with E-state index in [1.807, 2.05) is 13.8 Å². The first kappa shape index (κ1) is 10.0. The molecule has 0 saturated carbocycles. The predicted octanol–water partition coefficient (Wildman–Crippen LogP) is 0.586. The molecule has 11 heavy (non-hydrogen) atoms. The summed E-state index contributed by atoms with van der Waals surface area (Å²) in [5.41, 5.74) is 0. The minimum Gasteiger partial charge on any atom is -0.389 e. The van der Waals surface area contributed by atoms with Crippen molar-refractivity contribution in [1.29, 1.82) is 0 Å². The van der Waals surface area contributed by atoms with Gasteiger partial charge >= 0.3 is 0 Å². The van der Waals surface area contributed by atoms with E-state index >= 15 is 0 Å². The van der Waals surface area contributed by atoms with Crippen LogP contribution in [0.15, 0.2) is 12.3 Å². The maximum Gasteiger partial charge on any atom is 0.247 e. The van der Waals surface area contributed by atoms with E-state index in [2.05, 4.69) is 5.32 Å². The van der Waals surface area contributed by atoms with Crippen molar-refractivity contribution in [3.8, 4) is 0 Å². The van der Waals surface area contributed by atoms with E-state index in [9.17, 15) is 4.79 Å². The summed E-state index contributed by atoms with van der Waals surface area (Å²) in [6, 6.07) is 0.376. The smallest absolute Gasteiger partial charge is 0.247 e. The van der Waals surface area contributed by atoms with Crippen LogP contribution in [-0.2, 0) is 4.79 Å². The van der Waals surface area contributed by atoms with Gasteiger partial charge in [0.25, 0.3) is 0 Å². The molecule has 0 atom stereocenters. The number of nitrogens with zero attached hydrogens (tertiary/aromatic N) is 1. The zero-order valence-electron chi connectivity index (χ0n) is 7.59. The highest BCUT2D eigenvalue weighted by molar-refractivity contribution is 5.86. The molecule has 64 valence electrons. The number of hydrogen-bond acceptors (Lipinski definition) is 2. The molecule has 0 heterocycles. The number of nitrogens with one attached hydrogen (secondary N) is 1. The van der Waals surface area contributed by atoms with Crippen LogP contribution in [0.25, 0.3) is 0 Å². The lowest BCUT2D eigenvalue weighted by Gasteiger charge is -2.06. The minimum absolute atomic E-state index is 0.00171. The van der Waals surface area contributed by atoms with Crippen molar-refractivity contribution in [2.45, 2.75) is 19.9 Å². The van der Waals surface area contributed by atoms with Crippen LogP contribution < -0.4 is 5.32 Å². The number of likely N-dealkylation sites (N-methyl/N-ethyl adjacent to an activating group) is 1. The standard InChI is InChI=1S/C8H16N2O/c1-7(2)9-6-5-8(11)10(3)4/h5-7,9H,1-4H3/b6-5-. The summed E-state index contributed by atoms with van der Waals surface area (Å²) < 4.78 is 0. The van der Waals surface area contributed by atoms with Gasteiger partial charge in [0.05, 0.1) is 0 Å². The Labute approximate surface area is 68.1 Å². The van der Waals surface area contributed by atoms with Crippen LogP contribution in [0, 0.1) is 0 Å². The first-order valence-electron chi connectivity index (χ1n) is 3.68. The third-order valence-electron chi connectivity index (χ3n) is 1.10. The topological polar surface area (TPSA) is 32.3 Å². The van der Waals surface area contributed by atoms with Gasteiger partial charge in [-0.15, -0.1) is 0 Å². The molecule has 0 aliphatic rings. The summed E-state index contributed by atoms with van der Waals surface area (Å²) in [5, 5.41) is 3.00. The van der Waals surface area contributed by atoms with Crippen molar-refractivity contribution in [3.05, 3.63) is 12.3 Å². The summed E-state index contributed by atoms with van der Waals surface area (Å²) in [6.45, 7) is 4.04. The normalized spacial score (nSPS) is 10.6. The highest BCUT2D eigenvalue weighted by Gasteiger charge is 1.95. The number of rotatable bonds is 3. The van der Waals surface area contributed by atoms with Crippen LogP contribution in [0.2, 0.25) is 0 Å². The number of hydrogen-bond donors (Lipinski definition) is 1. The lowest BCUT2D eigenvalue weighted by molar-refractivity contribution is -0.123. The molecular weight excluding hydrogens is 140 g/mol. The summed E-state index contributed by atoms with van der Waals surface area (Å²) in [6.07, 6.45) is 3.19. The zero-order chi connectivity index (χ0) is 8.85. The van der Waals surface area contributed by atoms with E-state index in [0.717, 1.165) is 0 Å². The Balaban J connectivity index is 3.66. The third kappa shape index (κ3) is 5.45. The van der Waals surface area contributed by atoms with Gasteiger partial charge in [0.1, 0.15) is 0 Å². The third-order valence-corrected chi connectivity index (χ3v) is 1.10. The Morgan fingerprint density at radius 2 is 2.00 bits per heavy atom. The summed E-state index contributed by atoms with van der Waals surface area (Å²) >= 11 is 0. The maximum absolute atomic E-state index is 10.9. The molecule has 0 bridgehead atoms. The molecule has 1 N–H and O–H groups in total. The Bertz CT molecular complexity index is 150. The van der Waals surface area contributed by atoms with Crippen LogP contribution >= 0.6 is 0 Å². The van der Waals surface area contributed by atoms with Gasteiger partial charge in [-0.1, -0.05) is 0 Å². The molecular formula is C8H16N2O. The minimum atomic E-state index is -0.00171. The van der Waals surface area contributed by atoms with E-state index < -0.39 is 0 Å². The van der Waals surface area contributed by atoms with Crippen molar-refractivity contribution in [2.75, 3.05) is 14.1 Å². The molecule has 0 radical (unpaired) electrons. The van der Waals surface area contributed by atoms with Crippen LogP contribution in [0.1, 0.15) is 13.8 Å². The van der Waals surface area contributed by atoms with Gasteiger partial charge in [-0.25, -0.2) is 0 Å². The van der Waals surface area contributed by atoms with E-state index in [1.165, 1.54) is 11.0 Å². The van der Waals surface area contributed by atoms with Gasteiger partial charge in [-0.05, 0) is 13.8 Å². The van der Waals surface area contributed by atoms with Crippen molar-refractivity contribution < 1.29 is 4.79 Å². The molecule has 0 aromatic heterocycles. The number of carbonyl (C=O) groups is 1. The molecule has 0 fully saturated rings. The zero-order valence-corrected chi connectivity index (χ0v) is 7.59. The lowest BCUT2D eigenvalue weighted by Crippen LogP contribution is -2.21. The van der Waals surface area contributed by atoms with Gasteiger partial charge in [-0.2, -0.15) is 0 Å². The lowest BCUT2D eigenvalue weighted by atomic mass is 10.4. The first-order chi connectivity index (χ1) is 5.04. The van der Waals surface area contributed by atoms with E-state index in [1.54, 1.807) is 20.3 Å². The maximum atomic E-state index is 10.9. The van der Waals surface area contributed by atoms with Crippen molar-refractivity contribution in [2.24, 2.45) is 0 Å². The highest BCUT2D eigenvalue weighted by atomic mass is 16.2. The quantitative estimate of drug-likeness (QED) is 0.606. The van der Waals surface area contributed by atoms with E-state index in [-0.39, 0.29) is 5.91 Å². The molecule has 3 nitrogen and oxygen atoms in total. The van der Waals surface area contributed by atoms with Crippen LogP contribution in [-0.4, -0.2) is 30.9 Å². The molecule has 0 aliphatic carbocycles. The van der Waals surface area contributed by atoms with Crippen LogP contribution in [0.5, 0.6) is 0 Å². The van der Waals surface area contributed by atoms with E-state index in [4.69, 9.17) is 0 Å². The Kier molecular flexibility index (Phi) is 4.34. The largest absolute Gasteiger partial charge is 0.389 e. The van der Waals surface area contributed by atoms with Crippen LogP contribution in [0.4, 0.5) is 0 Å². The molecule has 0 aliphatic heterocycles. The average Bonchev–Trinajstić information content (AvgIpc) is 1.86. The molecule has 0 rings (SSSR count). The Morgan fingerprint density at radius 1 is 1.45 bits per heavy atom. The first-order valence-corrected chi connectivity index (χ1v) is 3.68. The fraction of sp³-hybridized carbons (Fsp3) is 0.625. The number of amides is 1. The van der Waals surface area contributed by atoms with Gasteiger partial charge in [-0.3, -0.25) is 4.79 Å². The SMILES string of the molecule is CC(C)N/C=C\C(=O)N(C)C.